The molecule has 0 unspecified atom stereocenters. The molecular formula is C12H23N3O2. The summed E-state index contributed by atoms with van der Waals surface area (Å²) in [5.41, 5.74) is 0. The van der Waals surface area contributed by atoms with E-state index in [4.69, 9.17) is 0 Å². The molecule has 0 spiro atoms. The standard InChI is InChI=1S/C12H23N3O2/c1-11(16)13-8-4-5-9-14-12(17)7-6-10-15(2)3/h6-7H,4-5,8-10H2,1-3H3,(H,13,16)(H,14,17)/b7-6+. The molecule has 2 N–H and O–H groups in total. The van der Waals surface area contributed by atoms with Crippen molar-refractivity contribution < 1.29 is 9.59 Å². The molecule has 5 heteroatoms. The van der Waals surface area contributed by atoms with Gasteiger partial charge in [-0.2, -0.15) is 0 Å². The second-order valence-electron chi connectivity index (χ2n) is 4.15. The SMILES string of the molecule is CC(=O)NCCCCNC(=O)/C=C/CN(C)C. The lowest BCUT2D eigenvalue weighted by Gasteiger charge is -2.05. The predicted octanol–water partition coefficient (Wildman–Crippen LogP) is 0.137. The second-order valence-corrected chi connectivity index (χ2v) is 4.15. The van der Waals surface area contributed by atoms with E-state index in [0.717, 1.165) is 19.4 Å². The molecule has 0 bridgehead atoms. The number of likely N-dealkylation sites (N-methyl/N-ethyl adjacent to an activating group) is 1. The van der Waals surface area contributed by atoms with Crippen LogP contribution in [0.1, 0.15) is 19.8 Å². The van der Waals surface area contributed by atoms with E-state index in [1.165, 1.54) is 6.92 Å². The van der Waals surface area contributed by atoms with E-state index in [0.29, 0.717) is 13.1 Å². The first-order chi connectivity index (χ1) is 8.02. The Labute approximate surface area is 103 Å². The number of rotatable bonds is 8. The Bertz CT molecular complexity index is 262. The summed E-state index contributed by atoms with van der Waals surface area (Å²) in [7, 11) is 3.90. The van der Waals surface area contributed by atoms with Crippen molar-refractivity contribution in [3.05, 3.63) is 12.2 Å². The Morgan fingerprint density at radius 3 is 2.24 bits per heavy atom. The van der Waals surface area contributed by atoms with Crippen LogP contribution in [0.3, 0.4) is 0 Å². The van der Waals surface area contributed by atoms with Crippen LogP contribution in [-0.4, -0.2) is 50.4 Å². The van der Waals surface area contributed by atoms with Gasteiger partial charge < -0.3 is 15.5 Å². The van der Waals surface area contributed by atoms with Crippen LogP contribution >= 0.6 is 0 Å². The van der Waals surface area contributed by atoms with Crippen molar-refractivity contribution in [2.75, 3.05) is 33.7 Å². The highest BCUT2D eigenvalue weighted by Crippen LogP contribution is 1.85. The van der Waals surface area contributed by atoms with Gasteiger partial charge in [-0.05, 0) is 26.9 Å². The minimum atomic E-state index is -0.0635. The summed E-state index contributed by atoms with van der Waals surface area (Å²) in [6.07, 6.45) is 5.12. The second kappa shape index (κ2) is 9.84. The first-order valence-electron chi connectivity index (χ1n) is 5.86. The number of carbonyl (C=O) groups is 2. The highest BCUT2D eigenvalue weighted by atomic mass is 16.2. The summed E-state index contributed by atoms with van der Waals surface area (Å²) >= 11 is 0. The van der Waals surface area contributed by atoms with Crippen molar-refractivity contribution in [3.8, 4) is 0 Å². The molecular weight excluding hydrogens is 218 g/mol. The molecule has 0 aliphatic carbocycles. The van der Waals surface area contributed by atoms with E-state index in [1.54, 1.807) is 6.08 Å². The van der Waals surface area contributed by atoms with E-state index in [2.05, 4.69) is 10.6 Å². The highest BCUT2D eigenvalue weighted by molar-refractivity contribution is 5.87. The van der Waals surface area contributed by atoms with Gasteiger partial charge in [0.05, 0.1) is 0 Å². The largest absolute Gasteiger partial charge is 0.356 e. The number of hydrogen-bond donors (Lipinski definition) is 2. The molecule has 0 radical (unpaired) electrons. The molecule has 98 valence electrons. The van der Waals surface area contributed by atoms with Crippen molar-refractivity contribution in [2.24, 2.45) is 0 Å². The molecule has 0 atom stereocenters. The Kier molecular flexibility index (Phi) is 9.05. The van der Waals surface area contributed by atoms with Crippen molar-refractivity contribution in [3.63, 3.8) is 0 Å². The number of hydrogen-bond acceptors (Lipinski definition) is 3. The molecule has 0 aliphatic heterocycles. The first-order valence-corrected chi connectivity index (χ1v) is 5.86. The highest BCUT2D eigenvalue weighted by Gasteiger charge is 1.95. The maximum Gasteiger partial charge on any atom is 0.243 e. The van der Waals surface area contributed by atoms with Gasteiger partial charge in [0, 0.05) is 32.6 Å². The zero-order valence-electron chi connectivity index (χ0n) is 11.0. The summed E-state index contributed by atoms with van der Waals surface area (Å²) in [6.45, 7) is 3.57. The van der Waals surface area contributed by atoms with E-state index < -0.39 is 0 Å². The van der Waals surface area contributed by atoms with Crippen LogP contribution in [0.5, 0.6) is 0 Å². The number of carbonyl (C=O) groups excluding carboxylic acids is 2. The van der Waals surface area contributed by atoms with E-state index in [-0.39, 0.29) is 11.8 Å². The average molecular weight is 241 g/mol. The molecule has 0 aromatic rings. The molecule has 5 nitrogen and oxygen atoms in total. The van der Waals surface area contributed by atoms with Gasteiger partial charge in [0.25, 0.3) is 0 Å². The number of nitrogens with one attached hydrogen (secondary N) is 2. The molecule has 17 heavy (non-hydrogen) atoms. The van der Waals surface area contributed by atoms with Crippen LogP contribution < -0.4 is 10.6 Å². The van der Waals surface area contributed by atoms with Gasteiger partial charge in [-0.25, -0.2) is 0 Å². The molecule has 0 heterocycles. The van der Waals surface area contributed by atoms with Crippen molar-refractivity contribution in [1.82, 2.24) is 15.5 Å². The minimum absolute atomic E-state index is 0.0133. The predicted molar refractivity (Wildman–Crippen MR) is 68.6 cm³/mol. The van der Waals surface area contributed by atoms with Crippen molar-refractivity contribution in [2.45, 2.75) is 19.8 Å². The van der Waals surface area contributed by atoms with Crippen LogP contribution in [0, 0.1) is 0 Å². The summed E-state index contributed by atoms with van der Waals surface area (Å²) < 4.78 is 0. The van der Waals surface area contributed by atoms with Crippen LogP contribution in [-0.2, 0) is 9.59 Å². The summed E-state index contributed by atoms with van der Waals surface area (Å²) in [5, 5.41) is 5.50. The lowest BCUT2D eigenvalue weighted by atomic mass is 10.3. The van der Waals surface area contributed by atoms with Crippen molar-refractivity contribution in [1.29, 1.82) is 0 Å². The van der Waals surface area contributed by atoms with Gasteiger partial charge in [0.2, 0.25) is 11.8 Å². The van der Waals surface area contributed by atoms with Gasteiger partial charge in [-0.15, -0.1) is 0 Å². The Hall–Kier alpha value is -1.36. The molecule has 0 aliphatic rings. The lowest BCUT2D eigenvalue weighted by Crippen LogP contribution is -2.25. The summed E-state index contributed by atoms with van der Waals surface area (Å²) in [6, 6.07) is 0. The van der Waals surface area contributed by atoms with Crippen LogP contribution in [0.25, 0.3) is 0 Å². The first kappa shape index (κ1) is 15.6. The molecule has 0 fully saturated rings. The normalized spacial score (nSPS) is 10.8. The van der Waals surface area contributed by atoms with E-state index >= 15 is 0 Å². The fourth-order valence-corrected chi connectivity index (χ4v) is 1.16. The van der Waals surface area contributed by atoms with Gasteiger partial charge in [-0.3, -0.25) is 9.59 Å². The van der Waals surface area contributed by atoms with Gasteiger partial charge >= 0.3 is 0 Å². The molecule has 2 amide bonds. The lowest BCUT2D eigenvalue weighted by molar-refractivity contribution is -0.119. The molecule has 0 rings (SSSR count). The van der Waals surface area contributed by atoms with Gasteiger partial charge in [0.1, 0.15) is 0 Å². The monoisotopic (exact) mass is 241 g/mol. The van der Waals surface area contributed by atoms with Crippen LogP contribution in [0.4, 0.5) is 0 Å². The van der Waals surface area contributed by atoms with Crippen LogP contribution in [0.2, 0.25) is 0 Å². The Morgan fingerprint density at radius 2 is 1.71 bits per heavy atom. The Morgan fingerprint density at radius 1 is 1.12 bits per heavy atom. The van der Waals surface area contributed by atoms with Gasteiger partial charge in [-0.1, -0.05) is 6.08 Å². The van der Waals surface area contributed by atoms with E-state index in [9.17, 15) is 9.59 Å². The smallest absolute Gasteiger partial charge is 0.243 e. The molecule has 0 saturated heterocycles. The fourth-order valence-electron chi connectivity index (χ4n) is 1.16. The minimum Gasteiger partial charge on any atom is -0.356 e. The average Bonchev–Trinajstić information content (AvgIpc) is 2.22. The zero-order valence-corrected chi connectivity index (χ0v) is 11.0. The quantitative estimate of drug-likeness (QED) is 0.469. The van der Waals surface area contributed by atoms with Gasteiger partial charge in [0.15, 0.2) is 0 Å². The third-order valence-corrected chi connectivity index (χ3v) is 2.02. The third kappa shape index (κ3) is 12.6. The van der Waals surface area contributed by atoms with Crippen molar-refractivity contribution >= 4 is 11.8 Å². The molecule has 0 aromatic carbocycles. The molecule has 0 saturated carbocycles. The summed E-state index contributed by atoms with van der Waals surface area (Å²) in [4.78, 5) is 23.8. The maximum absolute atomic E-state index is 11.3. The maximum atomic E-state index is 11.3. The number of nitrogens with zero attached hydrogens (tertiary/aromatic N) is 1. The summed E-state index contributed by atoms with van der Waals surface area (Å²) in [5.74, 6) is -0.0768. The van der Waals surface area contributed by atoms with Crippen LogP contribution in [0.15, 0.2) is 12.2 Å². The number of unbranched alkanes of at least 4 members (excludes halogenated alkanes) is 1. The number of amides is 2. The Balaban J connectivity index is 3.39. The van der Waals surface area contributed by atoms with E-state index in [1.807, 2.05) is 25.1 Å². The zero-order chi connectivity index (χ0) is 13.1. The topological polar surface area (TPSA) is 61.4 Å². The molecule has 0 aromatic heterocycles. The third-order valence-electron chi connectivity index (χ3n) is 2.02. The fraction of sp³-hybridized carbons (Fsp3) is 0.667.